The van der Waals surface area contributed by atoms with Crippen LogP contribution in [-0.2, 0) is 24.3 Å². The molecule has 3 aromatic heterocycles. The quantitative estimate of drug-likeness (QED) is 0.525. The van der Waals surface area contributed by atoms with E-state index in [4.69, 9.17) is 4.42 Å². The summed E-state index contributed by atoms with van der Waals surface area (Å²) in [5.74, 6) is 0.806. The molecule has 0 N–H and O–H groups in total. The molecule has 0 unspecified atom stereocenters. The zero-order chi connectivity index (χ0) is 18.8. The molecule has 1 aromatic carbocycles. The highest BCUT2D eigenvalue weighted by atomic mass is 16.3. The summed E-state index contributed by atoms with van der Waals surface area (Å²) in [6, 6.07) is 12.1. The predicted octanol–water partition coefficient (Wildman–Crippen LogP) is 3.37. The summed E-state index contributed by atoms with van der Waals surface area (Å²) in [6.45, 7) is 4.83. The van der Waals surface area contributed by atoms with E-state index in [9.17, 15) is 4.79 Å². The molecule has 0 radical (unpaired) electrons. The third kappa shape index (κ3) is 3.28. The Bertz CT molecular complexity index is 1080. The number of carbonyl (C=O) groups is 1. The van der Waals surface area contributed by atoms with E-state index >= 15 is 0 Å². The van der Waals surface area contributed by atoms with Crippen molar-refractivity contribution in [2.75, 3.05) is 0 Å². The average molecular weight is 363 g/mol. The summed E-state index contributed by atoms with van der Waals surface area (Å²) in [4.78, 5) is 14.3. The fourth-order valence-electron chi connectivity index (χ4n) is 3.30. The molecular weight excluding hydrogens is 342 g/mol. The number of hydrogen-bond acceptors (Lipinski definition) is 5. The van der Waals surface area contributed by atoms with Crippen LogP contribution in [0.3, 0.4) is 0 Å². The van der Waals surface area contributed by atoms with Gasteiger partial charge in [0, 0.05) is 23.9 Å². The minimum absolute atomic E-state index is 0.0550. The second-order valence-corrected chi connectivity index (χ2v) is 6.51. The van der Waals surface area contributed by atoms with E-state index in [1.165, 1.54) is 5.56 Å². The van der Waals surface area contributed by atoms with Gasteiger partial charge in [0.05, 0.1) is 18.3 Å². The van der Waals surface area contributed by atoms with Gasteiger partial charge in [-0.1, -0.05) is 19.9 Å². The van der Waals surface area contributed by atoms with Crippen molar-refractivity contribution >= 4 is 22.5 Å². The summed E-state index contributed by atoms with van der Waals surface area (Å²) >= 11 is 0. The largest absolute Gasteiger partial charge is 0.467 e. The molecule has 0 fully saturated rings. The molecule has 0 atom stereocenters. The Kier molecular flexibility index (Phi) is 4.58. The number of nitrogens with zero attached hydrogens (tertiary/aromatic N) is 5. The molecule has 7 heteroatoms. The van der Waals surface area contributed by atoms with Crippen molar-refractivity contribution in [3.8, 4) is 0 Å². The van der Waals surface area contributed by atoms with Gasteiger partial charge in [-0.15, -0.1) is 5.10 Å². The fraction of sp³-hybridized carbons (Fsp3) is 0.300. The Hall–Kier alpha value is -3.22. The topological polar surface area (TPSA) is 76.5 Å². The van der Waals surface area contributed by atoms with Crippen molar-refractivity contribution in [1.82, 2.24) is 24.9 Å². The van der Waals surface area contributed by atoms with Crippen LogP contribution in [0.4, 0.5) is 0 Å². The first-order valence-corrected chi connectivity index (χ1v) is 9.12. The highest BCUT2D eigenvalue weighted by Crippen LogP contribution is 2.23. The van der Waals surface area contributed by atoms with Gasteiger partial charge in [0.2, 0.25) is 5.91 Å². The lowest BCUT2D eigenvalue weighted by Gasteiger charge is -2.21. The summed E-state index contributed by atoms with van der Waals surface area (Å²) in [7, 11) is 0. The van der Waals surface area contributed by atoms with Crippen LogP contribution in [0.5, 0.6) is 0 Å². The molecule has 0 bridgehead atoms. The van der Waals surface area contributed by atoms with Crippen LogP contribution >= 0.6 is 0 Å². The van der Waals surface area contributed by atoms with E-state index < -0.39 is 0 Å². The number of hydrogen-bond donors (Lipinski definition) is 0. The number of furan rings is 1. The minimum atomic E-state index is 0.0550. The van der Waals surface area contributed by atoms with Gasteiger partial charge in [-0.3, -0.25) is 4.79 Å². The van der Waals surface area contributed by atoms with Crippen LogP contribution in [0.25, 0.3) is 16.6 Å². The SMILES string of the molecule is CCC(=O)N(Cc1ccco1)Cc1cc2cc(CC)ccc2n2nnnc12. The Balaban J connectivity index is 1.77. The van der Waals surface area contributed by atoms with Crippen molar-refractivity contribution in [3.05, 3.63) is 59.5 Å². The molecule has 138 valence electrons. The highest BCUT2D eigenvalue weighted by Gasteiger charge is 2.18. The molecule has 0 aliphatic rings. The third-order valence-corrected chi connectivity index (χ3v) is 4.76. The van der Waals surface area contributed by atoms with Gasteiger partial charge in [-0.05, 0) is 52.7 Å². The minimum Gasteiger partial charge on any atom is -0.467 e. The van der Waals surface area contributed by atoms with Crippen LogP contribution in [-0.4, -0.2) is 30.8 Å². The van der Waals surface area contributed by atoms with Gasteiger partial charge < -0.3 is 9.32 Å². The molecule has 0 saturated heterocycles. The van der Waals surface area contributed by atoms with Crippen molar-refractivity contribution in [1.29, 1.82) is 0 Å². The number of benzene rings is 1. The second-order valence-electron chi connectivity index (χ2n) is 6.51. The standard InChI is InChI=1S/C20H21N5O2/c1-3-14-7-8-18-15(10-14)11-16(20-21-22-23-25(18)20)12-24(19(26)4-2)13-17-6-5-9-27-17/h5-11H,3-4,12-13H2,1-2H3. The zero-order valence-electron chi connectivity index (χ0n) is 15.4. The Labute approximate surface area is 156 Å². The Morgan fingerprint density at radius 2 is 2.07 bits per heavy atom. The van der Waals surface area contributed by atoms with Gasteiger partial charge >= 0.3 is 0 Å². The average Bonchev–Trinajstić information content (AvgIpc) is 3.38. The van der Waals surface area contributed by atoms with Crippen LogP contribution in [0, 0.1) is 0 Å². The third-order valence-electron chi connectivity index (χ3n) is 4.76. The molecule has 4 aromatic rings. The lowest BCUT2D eigenvalue weighted by molar-refractivity contribution is -0.132. The summed E-state index contributed by atoms with van der Waals surface area (Å²) < 4.78 is 7.17. The van der Waals surface area contributed by atoms with Gasteiger partial charge in [-0.25, -0.2) is 0 Å². The van der Waals surface area contributed by atoms with Crippen LogP contribution < -0.4 is 0 Å². The maximum absolute atomic E-state index is 12.5. The molecule has 3 heterocycles. The van der Waals surface area contributed by atoms with Gasteiger partial charge in [0.1, 0.15) is 5.76 Å². The number of rotatable bonds is 6. The smallest absolute Gasteiger partial charge is 0.222 e. The molecule has 0 aliphatic carbocycles. The number of amides is 1. The van der Waals surface area contributed by atoms with Crippen molar-refractivity contribution < 1.29 is 9.21 Å². The molecule has 1 amide bonds. The Morgan fingerprint density at radius 1 is 1.19 bits per heavy atom. The summed E-state index contributed by atoms with van der Waals surface area (Å²) in [6.07, 6.45) is 3.00. The number of pyridine rings is 1. The maximum atomic E-state index is 12.5. The van der Waals surface area contributed by atoms with Crippen molar-refractivity contribution in [3.63, 3.8) is 0 Å². The number of fused-ring (bicyclic) bond motifs is 3. The predicted molar refractivity (Wildman–Crippen MR) is 101 cm³/mol. The number of carbonyl (C=O) groups excluding carboxylic acids is 1. The highest BCUT2D eigenvalue weighted by molar-refractivity contribution is 5.84. The Morgan fingerprint density at radius 3 is 2.81 bits per heavy atom. The molecule has 4 rings (SSSR count). The molecule has 7 nitrogen and oxygen atoms in total. The van der Waals surface area contributed by atoms with E-state index in [1.807, 2.05) is 25.1 Å². The molecule has 27 heavy (non-hydrogen) atoms. The summed E-state index contributed by atoms with van der Waals surface area (Å²) in [5, 5.41) is 13.2. The maximum Gasteiger partial charge on any atom is 0.222 e. The first-order chi connectivity index (χ1) is 13.2. The van der Waals surface area contributed by atoms with E-state index in [1.54, 1.807) is 15.7 Å². The number of aryl methyl sites for hydroxylation is 1. The molecule has 0 saturated carbocycles. The fourth-order valence-corrected chi connectivity index (χ4v) is 3.30. The van der Waals surface area contributed by atoms with E-state index in [2.05, 4.69) is 40.6 Å². The van der Waals surface area contributed by atoms with Gasteiger partial charge in [0.25, 0.3) is 0 Å². The van der Waals surface area contributed by atoms with Crippen LogP contribution in [0.1, 0.15) is 37.2 Å². The van der Waals surface area contributed by atoms with Crippen LogP contribution in [0.15, 0.2) is 47.1 Å². The second kappa shape index (κ2) is 7.19. The van der Waals surface area contributed by atoms with Crippen molar-refractivity contribution in [2.45, 2.75) is 39.8 Å². The first-order valence-electron chi connectivity index (χ1n) is 9.12. The number of aromatic nitrogens is 4. The van der Waals surface area contributed by atoms with Crippen molar-refractivity contribution in [2.24, 2.45) is 0 Å². The molecular formula is C20H21N5O2. The monoisotopic (exact) mass is 363 g/mol. The zero-order valence-corrected chi connectivity index (χ0v) is 15.4. The van der Waals surface area contributed by atoms with E-state index in [0.29, 0.717) is 25.2 Å². The molecule has 0 aliphatic heterocycles. The van der Waals surface area contributed by atoms with Gasteiger partial charge in [-0.2, -0.15) is 4.52 Å². The van der Waals surface area contributed by atoms with E-state index in [-0.39, 0.29) is 5.91 Å². The lowest BCUT2D eigenvalue weighted by atomic mass is 10.1. The summed E-state index contributed by atoms with van der Waals surface area (Å²) in [5.41, 5.74) is 3.78. The lowest BCUT2D eigenvalue weighted by Crippen LogP contribution is -2.29. The van der Waals surface area contributed by atoms with E-state index in [0.717, 1.165) is 28.6 Å². The normalized spacial score (nSPS) is 11.3. The first kappa shape index (κ1) is 17.2. The van der Waals surface area contributed by atoms with Crippen LogP contribution in [0.2, 0.25) is 0 Å². The molecule has 0 spiro atoms. The van der Waals surface area contributed by atoms with Gasteiger partial charge in [0.15, 0.2) is 5.65 Å². The number of tetrazole rings is 1.